The van der Waals surface area contributed by atoms with E-state index in [4.69, 9.17) is 20.2 Å². The zero-order valence-electron chi connectivity index (χ0n) is 38.4. The Bertz CT molecular complexity index is 1970. The largest absolute Gasteiger partial charge is 0.592 e. The molecule has 0 saturated heterocycles. The number of hydrogen-bond donors (Lipinski definition) is 9. The molecule has 2 saturated carbocycles. The average molecular weight is 898 g/mol. The highest BCUT2D eigenvalue weighted by Crippen LogP contribution is 2.49. The van der Waals surface area contributed by atoms with Gasteiger partial charge in [-0.05, 0) is 111 Å². The molecule has 0 aromatic heterocycles. The molecule has 2 aromatic carbocycles. The second-order valence-corrected chi connectivity index (χ2v) is 19.4. The Morgan fingerprint density at radius 2 is 1.82 bits per heavy atom. The molecule has 2 aromatic rings. The summed E-state index contributed by atoms with van der Waals surface area (Å²) in [5.74, 6) is 3.27. The van der Waals surface area contributed by atoms with Crippen LogP contribution in [-0.2, 0) is 17.8 Å². The summed E-state index contributed by atoms with van der Waals surface area (Å²) in [4.78, 5) is 4.98. The number of allylic oxidation sites excluding steroid dienone is 1. The predicted molar refractivity (Wildman–Crippen MR) is 253 cm³/mol. The summed E-state index contributed by atoms with van der Waals surface area (Å²) in [6.07, 6.45) is 20.6. The normalized spacial score (nSPS) is 25.4. The van der Waals surface area contributed by atoms with Gasteiger partial charge in [-0.2, -0.15) is 12.0 Å². The van der Waals surface area contributed by atoms with Crippen LogP contribution in [0, 0.1) is 35.6 Å². The van der Waals surface area contributed by atoms with E-state index in [1.807, 2.05) is 48.6 Å². The van der Waals surface area contributed by atoms with E-state index in [1.165, 1.54) is 18.4 Å². The van der Waals surface area contributed by atoms with Crippen LogP contribution in [0.2, 0.25) is 0 Å². The zero-order valence-corrected chi connectivity index (χ0v) is 38.4. The van der Waals surface area contributed by atoms with Gasteiger partial charge >= 0.3 is 0 Å². The van der Waals surface area contributed by atoms with Crippen LogP contribution in [0.5, 0.6) is 11.5 Å². The van der Waals surface area contributed by atoms with E-state index >= 15 is 0 Å². The number of aryl methyl sites for hydroxylation is 1. The van der Waals surface area contributed by atoms with Crippen molar-refractivity contribution in [2.75, 3.05) is 26.4 Å². The molecule has 7 rings (SSSR count). The van der Waals surface area contributed by atoms with E-state index in [-0.39, 0.29) is 62.2 Å². The second-order valence-electron chi connectivity index (χ2n) is 19.4. The van der Waals surface area contributed by atoms with E-state index in [2.05, 4.69) is 11.4 Å². The third kappa shape index (κ3) is 12.8. The molecule has 3 aliphatic carbocycles. The minimum absolute atomic E-state index is 0.000386. The number of nitrogens with zero attached hydrogens (tertiary/aromatic N) is 1. The molecule has 0 spiro atoms. The van der Waals surface area contributed by atoms with Crippen LogP contribution in [0.25, 0.3) is 6.08 Å². The smallest absolute Gasteiger partial charge is 0.189 e. The van der Waals surface area contributed by atoms with Crippen LogP contribution in [-0.4, -0.2) is 98.2 Å². The third-order valence-electron chi connectivity index (χ3n) is 14.6. The van der Waals surface area contributed by atoms with Gasteiger partial charge in [-0.15, -0.1) is 4.99 Å². The lowest BCUT2D eigenvalue weighted by atomic mass is 9.74. The van der Waals surface area contributed by atoms with Gasteiger partial charge in [-0.1, -0.05) is 81.1 Å². The van der Waals surface area contributed by atoms with Crippen molar-refractivity contribution < 1.29 is 45.2 Å². The van der Waals surface area contributed by atoms with Gasteiger partial charge in [0.25, 0.3) is 0 Å². The first kappa shape index (κ1) is 49.1. The fraction of sp³-hybridized carbons (Fsp3) is 0.604. The van der Waals surface area contributed by atoms with Crippen molar-refractivity contribution in [3.63, 3.8) is 0 Å². The van der Waals surface area contributed by atoms with Crippen LogP contribution in [0.15, 0.2) is 71.0 Å². The van der Waals surface area contributed by atoms with Crippen molar-refractivity contribution in [1.82, 2.24) is 5.32 Å². The average Bonchev–Trinajstić information content (AvgIpc) is 4.04. The Labute approximate surface area is 386 Å². The lowest BCUT2D eigenvalue weighted by molar-refractivity contribution is 0.120. The first-order valence-corrected chi connectivity index (χ1v) is 24.6. The van der Waals surface area contributed by atoms with Gasteiger partial charge < -0.3 is 56.3 Å². The monoisotopic (exact) mass is 898 g/mol. The summed E-state index contributed by atoms with van der Waals surface area (Å²) < 4.78 is 12.4. The molecule has 12 nitrogen and oxygen atoms in total. The number of unbranched alkanes of at least 4 members (excludes halogenated alkanes) is 3. The van der Waals surface area contributed by atoms with Crippen LogP contribution in [0.3, 0.4) is 0 Å². The maximum absolute atomic E-state index is 11.4. The van der Waals surface area contributed by atoms with Gasteiger partial charge in [0.2, 0.25) is 0 Å². The van der Waals surface area contributed by atoms with Crippen molar-refractivity contribution in [2.24, 2.45) is 34.4 Å². The SMILES string of the molecule is CC(O)CNC(CCCO)C1C2=C[C+](C(O)COc3cc(CCC4=C[C-](CO)C(CCCCCCC(N)CC5C=Cc6cc(CO)ccc6C5O)O4)ccc3O)N=C2CCC2CCCC21. The highest BCUT2D eigenvalue weighted by atomic mass is 16.5. The Morgan fingerprint density at radius 1 is 0.985 bits per heavy atom. The number of aliphatic hydroxyl groups is 6. The molecular weight excluding hydrogens is 823 g/mol. The number of aliphatic imine (C=N–C) groups is 1. The second kappa shape index (κ2) is 23.7. The minimum atomic E-state index is -0.994. The number of rotatable bonds is 25. The summed E-state index contributed by atoms with van der Waals surface area (Å²) in [6, 6.07) is 11.6. The van der Waals surface area contributed by atoms with Gasteiger partial charge in [0.15, 0.2) is 29.4 Å². The lowest BCUT2D eigenvalue weighted by Crippen LogP contribution is -2.44. The molecular formula is C53H75N3O9. The predicted octanol–water partition coefficient (Wildman–Crippen LogP) is 6.69. The summed E-state index contributed by atoms with van der Waals surface area (Å²) in [5.41, 5.74) is 12.3. The number of aliphatic hydroxyl groups excluding tert-OH is 6. The Morgan fingerprint density at radius 3 is 2.62 bits per heavy atom. The number of benzene rings is 2. The lowest BCUT2D eigenvalue weighted by Gasteiger charge is -2.32. The summed E-state index contributed by atoms with van der Waals surface area (Å²) >= 11 is 0. The van der Waals surface area contributed by atoms with E-state index in [1.54, 1.807) is 13.0 Å². The standard InChI is InChI=1S/C53H75N3O9/c1-33(60)29-55-46(11-7-23-57)52-42-10-6-8-36(42)18-21-45-44(52)28-47(56-45)49(62)32-64-51-25-34(15-22-48(51)61)13-19-41-27-39(31-59)50(65-41)12-5-3-2-4-9-40(54)26-38-17-16-37-24-35(30-58)14-20-43(37)53(38)63/h14-17,20,22,24-25,27-28,33,36,38,40,42,46,49-50,52-53,55,57-63H,2-13,18-19,21,23,26,29-32,54H2,1H3. The molecule has 2 heterocycles. The molecule has 10 N–H and O–H groups in total. The maximum Gasteiger partial charge on any atom is 0.189 e. The number of hydrogen-bond acceptors (Lipinski definition) is 12. The molecule has 0 radical (unpaired) electrons. The van der Waals surface area contributed by atoms with Gasteiger partial charge in [-0.3, -0.25) is 0 Å². The van der Waals surface area contributed by atoms with Crippen molar-refractivity contribution in [3.8, 4) is 11.5 Å². The fourth-order valence-corrected chi connectivity index (χ4v) is 11.1. The molecule has 0 bridgehead atoms. The van der Waals surface area contributed by atoms with E-state index in [0.29, 0.717) is 49.4 Å². The van der Waals surface area contributed by atoms with Gasteiger partial charge in [-0.25, -0.2) is 0 Å². The first-order valence-electron chi connectivity index (χ1n) is 24.6. The number of phenols is 1. The summed E-state index contributed by atoms with van der Waals surface area (Å²) in [7, 11) is 0. The van der Waals surface area contributed by atoms with Crippen LogP contribution in [0.1, 0.15) is 132 Å². The molecule has 10 unspecified atom stereocenters. The fourth-order valence-electron chi connectivity index (χ4n) is 11.1. The first-order chi connectivity index (χ1) is 31.5. The Hall–Kier alpha value is -3.85. The number of fused-ring (bicyclic) bond motifs is 3. The molecule has 12 heteroatoms. The van der Waals surface area contributed by atoms with Gasteiger partial charge in [0, 0.05) is 50.3 Å². The van der Waals surface area contributed by atoms with E-state index < -0.39 is 18.3 Å². The number of nitrogens with two attached hydrogens (primary N) is 1. The molecule has 2 fully saturated rings. The highest BCUT2D eigenvalue weighted by Gasteiger charge is 2.50. The number of aromatic hydroxyl groups is 1. The highest BCUT2D eigenvalue weighted by molar-refractivity contribution is 6.04. The van der Waals surface area contributed by atoms with E-state index in [0.717, 1.165) is 110 Å². The molecule has 65 heavy (non-hydrogen) atoms. The zero-order chi connectivity index (χ0) is 45.9. The van der Waals surface area contributed by atoms with E-state index in [9.17, 15) is 35.7 Å². The third-order valence-corrected chi connectivity index (χ3v) is 14.6. The van der Waals surface area contributed by atoms with Gasteiger partial charge in [0.1, 0.15) is 12.2 Å². The van der Waals surface area contributed by atoms with Crippen molar-refractivity contribution >= 4 is 11.8 Å². The Balaban J connectivity index is 0.841. The molecule has 0 amide bonds. The number of phenolic OH excluding ortho intramolecular Hbond substituents is 1. The van der Waals surface area contributed by atoms with Crippen molar-refractivity contribution in [2.45, 2.75) is 153 Å². The molecule has 2 aliphatic heterocycles. The molecule has 10 atom stereocenters. The molecule has 356 valence electrons. The van der Waals surface area contributed by atoms with Crippen molar-refractivity contribution in [3.05, 3.63) is 100 Å². The molecule has 5 aliphatic rings. The van der Waals surface area contributed by atoms with Crippen LogP contribution >= 0.6 is 0 Å². The Kier molecular flexibility index (Phi) is 17.9. The summed E-state index contributed by atoms with van der Waals surface area (Å²) in [5, 5.41) is 76.2. The minimum Gasteiger partial charge on any atom is -0.592 e. The maximum atomic E-state index is 11.4. The topological polar surface area (TPSA) is 210 Å². The quantitative estimate of drug-likeness (QED) is 0.0379. The summed E-state index contributed by atoms with van der Waals surface area (Å²) in [6.45, 7) is 2.24. The number of ether oxygens (including phenoxy) is 2. The van der Waals surface area contributed by atoms with Gasteiger partial charge in [0.05, 0.1) is 30.8 Å². The van der Waals surface area contributed by atoms with Crippen molar-refractivity contribution in [1.29, 1.82) is 0 Å². The number of nitrogens with one attached hydrogen (secondary N) is 1. The van der Waals surface area contributed by atoms with Crippen LogP contribution in [0.4, 0.5) is 0 Å². The van der Waals surface area contributed by atoms with Crippen LogP contribution < -0.4 is 15.8 Å².